The molecule has 0 saturated heterocycles. The zero-order valence-corrected chi connectivity index (χ0v) is 14.5. The Morgan fingerprint density at radius 3 is 2.19 bits per heavy atom. The molecule has 6 heteroatoms. The number of hydrogen-bond donors (Lipinski definition) is 1. The second-order valence-electron chi connectivity index (χ2n) is 5.64. The minimum absolute atomic E-state index is 0.124. The van der Waals surface area contributed by atoms with Crippen molar-refractivity contribution in [3.8, 4) is 22.6 Å². The van der Waals surface area contributed by atoms with Crippen molar-refractivity contribution in [2.45, 2.75) is 6.61 Å². The van der Waals surface area contributed by atoms with Crippen LogP contribution >= 0.6 is 0 Å². The number of rotatable bonds is 6. The van der Waals surface area contributed by atoms with Crippen LogP contribution in [0.2, 0.25) is 0 Å². The standard InChI is InChI=1S/C21H17F2NO3/c1-26-18-12-9-16(13-19(18)27-21(22)23)20(25)24-17-10-7-15(8-11-17)14-5-3-2-4-6-14/h2-13,21H,1H3,(H,24,25). The van der Waals surface area contributed by atoms with Gasteiger partial charge < -0.3 is 14.8 Å². The van der Waals surface area contributed by atoms with Crippen molar-refractivity contribution in [1.82, 2.24) is 0 Å². The van der Waals surface area contributed by atoms with Crippen molar-refractivity contribution in [1.29, 1.82) is 0 Å². The van der Waals surface area contributed by atoms with Gasteiger partial charge in [-0.3, -0.25) is 4.79 Å². The number of nitrogens with one attached hydrogen (secondary N) is 1. The Labute approximate surface area is 155 Å². The summed E-state index contributed by atoms with van der Waals surface area (Å²) in [5, 5.41) is 2.73. The third-order valence-corrected chi connectivity index (χ3v) is 3.89. The lowest BCUT2D eigenvalue weighted by molar-refractivity contribution is -0.0512. The van der Waals surface area contributed by atoms with E-state index in [1.807, 2.05) is 42.5 Å². The first-order valence-electron chi connectivity index (χ1n) is 8.16. The second kappa shape index (κ2) is 8.31. The molecule has 3 aromatic rings. The fourth-order valence-electron chi connectivity index (χ4n) is 2.59. The molecule has 3 aromatic carbocycles. The van der Waals surface area contributed by atoms with Crippen LogP contribution in [0.1, 0.15) is 10.4 Å². The van der Waals surface area contributed by atoms with Crippen molar-refractivity contribution in [3.05, 3.63) is 78.4 Å². The van der Waals surface area contributed by atoms with Crippen LogP contribution in [-0.2, 0) is 0 Å². The Balaban J connectivity index is 1.75. The summed E-state index contributed by atoms with van der Waals surface area (Å²) >= 11 is 0. The molecule has 27 heavy (non-hydrogen) atoms. The van der Waals surface area contributed by atoms with Gasteiger partial charge in [-0.05, 0) is 41.5 Å². The van der Waals surface area contributed by atoms with E-state index >= 15 is 0 Å². The van der Waals surface area contributed by atoms with Gasteiger partial charge in [-0.2, -0.15) is 8.78 Å². The first kappa shape index (κ1) is 18.4. The third-order valence-electron chi connectivity index (χ3n) is 3.89. The highest BCUT2D eigenvalue weighted by atomic mass is 19.3. The van der Waals surface area contributed by atoms with E-state index in [1.165, 1.54) is 25.3 Å². The van der Waals surface area contributed by atoms with E-state index in [2.05, 4.69) is 10.1 Å². The highest BCUT2D eigenvalue weighted by molar-refractivity contribution is 6.04. The van der Waals surface area contributed by atoms with E-state index in [4.69, 9.17) is 4.74 Å². The molecule has 0 aliphatic rings. The number of anilines is 1. The Kier molecular flexibility index (Phi) is 5.66. The van der Waals surface area contributed by atoms with Crippen LogP contribution in [0.15, 0.2) is 72.8 Å². The smallest absolute Gasteiger partial charge is 0.387 e. The zero-order valence-electron chi connectivity index (χ0n) is 14.5. The van der Waals surface area contributed by atoms with E-state index in [1.54, 1.807) is 12.1 Å². The number of carbonyl (C=O) groups excluding carboxylic acids is 1. The van der Waals surface area contributed by atoms with Gasteiger partial charge in [0.05, 0.1) is 7.11 Å². The number of halogens is 2. The molecule has 1 N–H and O–H groups in total. The Bertz CT molecular complexity index is 912. The van der Waals surface area contributed by atoms with E-state index in [0.29, 0.717) is 5.69 Å². The number of methoxy groups -OCH3 is 1. The molecule has 138 valence electrons. The summed E-state index contributed by atoms with van der Waals surface area (Å²) in [5.41, 5.74) is 2.86. The van der Waals surface area contributed by atoms with Crippen molar-refractivity contribution in [3.63, 3.8) is 0 Å². The first-order valence-corrected chi connectivity index (χ1v) is 8.16. The molecule has 0 heterocycles. The van der Waals surface area contributed by atoms with Gasteiger partial charge in [0, 0.05) is 11.3 Å². The van der Waals surface area contributed by atoms with Crippen molar-refractivity contribution < 1.29 is 23.0 Å². The van der Waals surface area contributed by atoms with E-state index in [9.17, 15) is 13.6 Å². The summed E-state index contributed by atoms with van der Waals surface area (Å²) in [6, 6.07) is 21.3. The number of amides is 1. The van der Waals surface area contributed by atoms with Gasteiger partial charge >= 0.3 is 6.61 Å². The molecule has 0 bridgehead atoms. The molecule has 0 unspecified atom stereocenters. The Morgan fingerprint density at radius 2 is 1.56 bits per heavy atom. The summed E-state index contributed by atoms with van der Waals surface area (Å²) in [4.78, 5) is 12.4. The number of hydrogen-bond acceptors (Lipinski definition) is 3. The SMILES string of the molecule is COc1ccc(C(=O)Nc2ccc(-c3ccccc3)cc2)cc1OC(F)F. The predicted molar refractivity (Wildman–Crippen MR) is 99.5 cm³/mol. The van der Waals surface area contributed by atoms with E-state index < -0.39 is 12.5 Å². The number of alkyl halides is 2. The van der Waals surface area contributed by atoms with Crippen LogP contribution in [-0.4, -0.2) is 19.6 Å². The highest BCUT2D eigenvalue weighted by Crippen LogP contribution is 2.30. The molecule has 4 nitrogen and oxygen atoms in total. The van der Waals surface area contributed by atoms with E-state index in [0.717, 1.165) is 11.1 Å². The number of carbonyl (C=O) groups is 1. The van der Waals surface area contributed by atoms with Crippen molar-refractivity contribution in [2.75, 3.05) is 12.4 Å². The molecule has 3 rings (SSSR count). The summed E-state index contributed by atoms with van der Waals surface area (Å²) < 4.78 is 34.4. The molecule has 0 radical (unpaired) electrons. The topological polar surface area (TPSA) is 47.6 Å². The average molecular weight is 369 g/mol. The molecule has 0 aliphatic carbocycles. The molecule has 0 spiro atoms. The van der Waals surface area contributed by atoms with Gasteiger partial charge in [0.2, 0.25) is 0 Å². The van der Waals surface area contributed by atoms with Crippen LogP contribution in [0.3, 0.4) is 0 Å². The van der Waals surface area contributed by atoms with Gasteiger partial charge in [0.15, 0.2) is 11.5 Å². The fraction of sp³-hybridized carbons (Fsp3) is 0.0952. The van der Waals surface area contributed by atoms with Gasteiger partial charge in [0.25, 0.3) is 5.91 Å². The average Bonchev–Trinajstić information content (AvgIpc) is 2.68. The lowest BCUT2D eigenvalue weighted by Gasteiger charge is -2.12. The summed E-state index contributed by atoms with van der Waals surface area (Å²) in [6.07, 6.45) is 0. The summed E-state index contributed by atoms with van der Waals surface area (Å²) in [6.45, 7) is -3.01. The lowest BCUT2D eigenvalue weighted by Crippen LogP contribution is -2.12. The van der Waals surface area contributed by atoms with Crippen molar-refractivity contribution in [2.24, 2.45) is 0 Å². The highest BCUT2D eigenvalue weighted by Gasteiger charge is 2.14. The van der Waals surface area contributed by atoms with Crippen LogP contribution in [0.5, 0.6) is 11.5 Å². The minimum Gasteiger partial charge on any atom is -0.493 e. The van der Waals surface area contributed by atoms with E-state index in [-0.39, 0.29) is 17.1 Å². The normalized spacial score (nSPS) is 10.5. The van der Waals surface area contributed by atoms with Crippen LogP contribution < -0.4 is 14.8 Å². The maximum Gasteiger partial charge on any atom is 0.387 e. The zero-order chi connectivity index (χ0) is 19.2. The fourth-order valence-corrected chi connectivity index (χ4v) is 2.59. The summed E-state index contributed by atoms with van der Waals surface area (Å²) in [5.74, 6) is -0.511. The van der Waals surface area contributed by atoms with Gasteiger partial charge in [0.1, 0.15) is 0 Å². The monoisotopic (exact) mass is 369 g/mol. The Morgan fingerprint density at radius 1 is 0.889 bits per heavy atom. The molecule has 1 amide bonds. The molecular weight excluding hydrogens is 352 g/mol. The predicted octanol–water partition coefficient (Wildman–Crippen LogP) is 5.22. The van der Waals surface area contributed by atoms with Gasteiger partial charge in [-0.25, -0.2) is 0 Å². The number of benzene rings is 3. The quantitative estimate of drug-likeness (QED) is 0.648. The molecule has 0 fully saturated rings. The third kappa shape index (κ3) is 4.61. The molecule has 0 saturated carbocycles. The maximum absolute atomic E-state index is 12.5. The maximum atomic E-state index is 12.5. The molecular formula is C21H17F2NO3. The second-order valence-corrected chi connectivity index (χ2v) is 5.64. The van der Waals surface area contributed by atoms with Gasteiger partial charge in [-0.15, -0.1) is 0 Å². The minimum atomic E-state index is -3.01. The van der Waals surface area contributed by atoms with Crippen LogP contribution in [0.4, 0.5) is 14.5 Å². The Hall–Kier alpha value is -3.41. The summed E-state index contributed by atoms with van der Waals surface area (Å²) in [7, 11) is 1.34. The van der Waals surface area contributed by atoms with Gasteiger partial charge in [-0.1, -0.05) is 42.5 Å². The number of ether oxygens (including phenoxy) is 2. The molecule has 0 aliphatic heterocycles. The largest absolute Gasteiger partial charge is 0.493 e. The first-order chi connectivity index (χ1) is 13.1. The van der Waals surface area contributed by atoms with Crippen LogP contribution in [0.25, 0.3) is 11.1 Å². The molecule has 0 atom stereocenters. The lowest BCUT2D eigenvalue weighted by atomic mass is 10.1. The van der Waals surface area contributed by atoms with Crippen LogP contribution in [0, 0.1) is 0 Å². The van der Waals surface area contributed by atoms with Crippen molar-refractivity contribution >= 4 is 11.6 Å². The molecule has 0 aromatic heterocycles.